The summed E-state index contributed by atoms with van der Waals surface area (Å²) in [6.07, 6.45) is 5.37. The van der Waals surface area contributed by atoms with E-state index < -0.39 is 0 Å². The van der Waals surface area contributed by atoms with E-state index >= 15 is 0 Å². The van der Waals surface area contributed by atoms with Crippen LogP contribution in [0.5, 0.6) is 5.75 Å². The molecule has 2 aliphatic rings. The van der Waals surface area contributed by atoms with Crippen molar-refractivity contribution in [3.05, 3.63) is 41.2 Å². The van der Waals surface area contributed by atoms with E-state index in [9.17, 15) is 4.79 Å². The van der Waals surface area contributed by atoms with Gasteiger partial charge in [0.2, 0.25) is 0 Å². The number of carbonyl (C=O) groups is 1. The maximum absolute atomic E-state index is 12.3. The minimum absolute atomic E-state index is 0.287. The minimum atomic E-state index is 0.287. The lowest BCUT2D eigenvalue weighted by Crippen LogP contribution is -2.10. The molecule has 1 heterocycles. The number of hydrogen-bond donors (Lipinski definition) is 0. The maximum atomic E-state index is 12.3. The van der Waals surface area contributed by atoms with Gasteiger partial charge in [0.15, 0.2) is 5.78 Å². The third-order valence-electron chi connectivity index (χ3n) is 4.70. The SMILES string of the molecule is COc1ccc2oc3c(c2c1)C1=C(CC=C3C)C(=O)CCC1. The first-order chi connectivity index (χ1) is 10.7. The monoisotopic (exact) mass is 294 g/mol. The zero-order valence-corrected chi connectivity index (χ0v) is 12.9. The second kappa shape index (κ2) is 4.87. The van der Waals surface area contributed by atoms with Gasteiger partial charge in [0.1, 0.15) is 17.1 Å². The van der Waals surface area contributed by atoms with E-state index in [0.29, 0.717) is 6.42 Å². The van der Waals surface area contributed by atoms with Crippen LogP contribution in [0.25, 0.3) is 22.1 Å². The molecule has 3 heteroatoms. The summed E-state index contributed by atoms with van der Waals surface area (Å²) in [5.41, 5.74) is 5.20. The van der Waals surface area contributed by atoms with Crippen LogP contribution in [0.2, 0.25) is 0 Å². The second-order valence-corrected chi connectivity index (χ2v) is 5.99. The molecule has 0 amide bonds. The summed E-state index contributed by atoms with van der Waals surface area (Å²) in [6.45, 7) is 2.06. The molecule has 0 saturated heterocycles. The molecule has 0 spiro atoms. The molecular weight excluding hydrogens is 276 g/mol. The number of Topliss-reactive ketones (excluding diaryl/α,β-unsaturated/α-hetero) is 1. The Balaban J connectivity index is 2.08. The van der Waals surface area contributed by atoms with Crippen molar-refractivity contribution in [3.63, 3.8) is 0 Å². The van der Waals surface area contributed by atoms with Crippen molar-refractivity contribution in [2.75, 3.05) is 7.11 Å². The highest BCUT2D eigenvalue weighted by molar-refractivity contribution is 6.09. The van der Waals surface area contributed by atoms with Crippen LogP contribution in [-0.2, 0) is 4.79 Å². The molecule has 0 N–H and O–H groups in total. The van der Waals surface area contributed by atoms with Gasteiger partial charge in [-0.2, -0.15) is 0 Å². The average Bonchev–Trinajstić information content (AvgIpc) is 2.84. The molecule has 1 aromatic carbocycles. The lowest BCUT2D eigenvalue weighted by Gasteiger charge is -2.17. The van der Waals surface area contributed by atoms with Crippen LogP contribution in [0.15, 0.2) is 34.3 Å². The first-order valence-electron chi connectivity index (χ1n) is 7.72. The molecule has 112 valence electrons. The molecule has 0 aliphatic heterocycles. The molecule has 0 atom stereocenters. The molecule has 22 heavy (non-hydrogen) atoms. The van der Waals surface area contributed by atoms with Gasteiger partial charge in [0.05, 0.1) is 7.11 Å². The highest BCUT2D eigenvalue weighted by atomic mass is 16.5. The lowest BCUT2D eigenvalue weighted by atomic mass is 9.85. The Kier molecular flexibility index (Phi) is 2.96. The number of ketones is 1. The molecule has 0 radical (unpaired) electrons. The molecule has 0 fully saturated rings. The van der Waals surface area contributed by atoms with E-state index in [0.717, 1.165) is 58.5 Å². The van der Waals surface area contributed by atoms with Crippen molar-refractivity contribution in [3.8, 4) is 5.75 Å². The predicted molar refractivity (Wildman–Crippen MR) is 86.8 cm³/mol. The van der Waals surface area contributed by atoms with Gasteiger partial charge in [-0.15, -0.1) is 0 Å². The molecule has 2 aromatic rings. The third kappa shape index (κ3) is 1.85. The summed E-state index contributed by atoms with van der Waals surface area (Å²) in [6, 6.07) is 5.87. The lowest BCUT2D eigenvalue weighted by molar-refractivity contribution is -0.115. The quantitative estimate of drug-likeness (QED) is 0.761. The number of fused-ring (bicyclic) bond motifs is 4. The van der Waals surface area contributed by atoms with Crippen LogP contribution >= 0.6 is 0 Å². The third-order valence-corrected chi connectivity index (χ3v) is 4.70. The van der Waals surface area contributed by atoms with Crippen molar-refractivity contribution >= 4 is 27.9 Å². The molecule has 3 nitrogen and oxygen atoms in total. The first-order valence-corrected chi connectivity index (χ1v) is 7.72. The van der Waals surface area contributed by atoms with Gasteiger partial charge in [-0.1, -0.05) is 6.08 Å². The van der Waals surface area contributed by atoms with Crippen molar-refractivity contribution in [2.45, 2.75) is 32.6 Å². The average molecular weight is 294 g/mol. The normalized spacial score (nSPS) is 17.9. The number of furan rings is 1. The van der Waals surface area contributed by atoms with Crippen LogP contribution in [0.3, 0.4) is 0 Å². The standard InChI is InChI=1S/C19H18O3/c1-11-6-8-13-14(4-3-5-16(13)20)18-15-10-12(21-2)7-9-17(15)22-19(11)18/h6-7,9-10H,3-5,8H2,1-2H3. The Bertz CT molecular complexity index is 849. The van der Waals surface area contributed by atoms with Gasteiger partial charge in [-0.25, -0.2) is 0 Å². The number of benzene rings is 1. The van der Waals surface area contributed by atoms with Crippen LogP contribution in [0.1, 0.15) is 43.9 Å². The van der Waals surface area contributed by atoms with Crippen molar-refractivity contribution in [2.24, 2.45) is 0 Å². The highest BCUT2D eigenvalue weighted by Gasteiger charge is 2.28. The van der Waals surface area contributed by atoms with Gasteiger partial charge >= 0.3 is 0 Å². The Morgan fingerprint density at radius 3 is 2.86 bits per heavy atom. The van der Waals surface area contributed by atoms with Gasteiger partial charge in [-0.3, -0.25) is 4.79 Å². The molecule has 2 aliphatic carbocycles. The van der Waals surface area contributed by atoms with Crippen molar-refractivity contribution in [1.82, 2.24) is 0 Å². The van der Waals surface area contributed by atoms with Gasteiger partial charge in [0.25, 0.3) is 0 Å². The number of methoxy groups -OCH3 is 1. The molecular formula is C19H18O3. The second-order valence-electron chi connectivity index (χ2n) is 5.99. The zero-order valence-electron chi connectivity index (χ0n) is 12.9. The molecule has 0 unspecified atom stereocenters. The maximum Gasteiger partial charge on any atom is 0.159 e. The van der Waals surface area contributed by atoms with Crippen LogP contribution in [0, 0.1) is 0 Å². The van der Waals surface area contributed by atoms with E-state index in [1.54, 1.807) is 7.11 Å². The fourth-order valence-corrected chi connectivity index (χ4v) is 3.54. The number of ether oxygens (including phenoxy) is 1. The number of allylic oxidation sites excluding steroid dienone is 4. The Morgan fingerprint density at radius 2 is 2.05 bits per heavy atom. The van der Waals surface area contributed by atoms with E-state index in [2.05, 4.69) is 13.0 Å². The number of rotatable bonds is 1. The largest absolute Gasteiger partial charge is 0.497 e. The Labute approximate surface area is 129 Å². The minimum Gasteiger partial charge on any atom is -0.497 e. The number of hydrogen-bond acceptors (Lipinski definition) is 3. The summed E-state index contributed by atoms with van der Waals surface area (Å²) in [4.78, 5) is 12.3. The Morgan fingerprint density at radius 1 is 1.18 bits per heavy atom. The topological polar surface area (TPSA) is 39.4 Å². The number of carbonyl (C=O) groups excluding carboxylic acids is 1. The van der Waals surface area contributed by atoms with E-state index in [1.165, 1.54) is 5.57 Å². The van der Waals surface area contributed by atoms with Gasteiger partial charge in [-0.05, 0) is 55.5 Å². The summed E-state index contributed by atoms with van der Waals surface area (Å²) < 4.78 is 11.5. The molecule has 0 saturated carbocycles. The smallest absolute Gasteiger partial charge is 0.159 e. The summed E-state index contributed by atoms with van der Waals surface area (Å²) in [5.74, 6) is 2.00. The van der Waals surface area contributed by atoms with E-state index in [4.69, 9.17) is 9.15 Å². The van der Waals surface area contributed by atoms with Crippen molar-refractivity contribution < 1.29 is 13.9 Å². The predicted octanol–water partition coefficient (Wildman–Crippen LogP) is 4.76. The van der Waals surface area contributed by atoms with Gasteiger partial charge in [0, 0.05) is 22.9 Å². The Hall–Kier alpha value is -2.29. The zero-order chi connectivity index (χ0) is 15.3. The fraction of sp³-hybridized carbons (Fsp3) is 0.316. The van der Waals surface area contributed by atoms with E-state index in [1.807, 2.05) is 18.2 Å². The first kappa shape index (κ1) is 13.4. The van der Waals surface area contributed by atoms with E-state index in [-0.39, 0.29) is 5.78 Å². The van der Waals surface area contributed by atoms with Crippen LogP contribution in [-0.4, -0.2) is 12.9 Å². The van der Waals surface area contributed by atoms with Crippen molar-refractivity contribution in [1.29, 1.82) is 0 Å². The highest BCUT2D eigenvalue weighted by Crippen LogP contribution is 2.44. The fourth-order valence-electron chi connectivity index (χ4n) is 3.54. The molecule has 1 aromatic heterocycles. The summed E-state index contributed by atoms with van der Waals surface area (Å²) in [5, 5.41) is 1.05. The molecule has 4 rings (SSSR count). The summed E-state index contributed by atoms with van der Waals surface area (Å²) >= 11 is 0. The van der Waals surface area contributed by atoms with Crippen LogP contribution < -0.4 is 4.74 Å². The summed E-state index contributed by atoms with van der Waals surface area (Å²) in [7, 11) is 1.67. The molecule has 0 bridgehead atoms. The van der Waals surface area contributed by atoms with Gasteiger partial charge < -0.3 is 9.15 Å². The van der Waals surface area contributed by atoms with Crippen LogP contribution in [0.4, 0.5) is 0 Å².